The third kappa shape index (κ3) is 18.8. The summed E-state index contributed by atoms with van der Waals surface area (Å²) in [5.74, 6) is 0. The molecule has 0 spiro atoms. The third-order valence-electron chi connectivity index (χ3n) is 20.7. The van der Waals surface area contributed by atoms with Crippen LogP contribution in [-0.2, 0) is 109 Å². The molecule has 12 rings (SSSR count). The summed E-state index contributed by atoms with van der Waals surface area (Å²) in [6.07, 6.45) is -82.4. The first kappa shape index (κ1) is 86.4. The van der Waals surface area contributed by atoms with Crippen LogP contribution in [0.15, 0.2) is 0 Å². The molecule has 48 atom stereocenters. The van der Waals surface area contributed by atoms with Crippen molar-refractivity contribution in [3.05, 3.63) is 0 Å². The quantitative estimate of drug-likeness (QED) is 0.0452. The molecule has 12 heterocycles. The molecule has 49 heteroatoms. The maximum Gasteiger partial charge on any atom is 0.187 e. The summed E-state index contributed by atoms with van der Waals surface area (Å²) in [4.78, 5) is 0. The van der Waals surface area contributed by atoms with Gasteiger partial charge in [0.15, 0.2) is 75.5 Å². The molecule has 12 aliphatic heterocycles. The number of aliphatic hydroxyl groups is 26. The van der Waals surface area contributed by atoms with E-state index in [0.29, 0.717) is 0 Å². The fourth-order valence-electron chi connectivity index (χ4n) is 13.8. The highest BCUT2D eigenvalue weighted by Crippen LogP contribution is 2.37. The zero-order chi connectivity index (χ0) is 78.5. The van der Waals surface area contributed by atoms with Gasteiger partial charge in [0.1, 0.15) is 220 Å². The maximum atomic E-state index is 11.5. The number of hydrogen-bond donors (Lipinski definition) is 26. The van der Waals surface area contributed by atoms with Crippen molar-refractivity contribution in [3.8, 4) is 0 Å². The molecule has 0 radical (unpaired) electrons. The summed E-state index contributed by atoms with van der Waals surface area (Å²) in [5.41, 5.74) is 0. The molecule has 0 aromatic heterocycles. The van der Waals surface area contributed by atoms with E-state index in [4.69, 9.17) is 109 Å². The molecule has 49 nitrogen and oxygen atoms in total. The van der Waals surface area contributed by atoms with Gasteiger partial charge in [0.2, 0.25) is 0 Å². The van der Waals surface area contributed by atoms with Crippen molar-refractivity contribution < 1.29 is 242 Å². The first-order valence-corrected chi connectivity index (χ1v) is 35.1. The Morgan fingerprint density at radius 2 is 0.385 bits per heavy atom. The van der Waals surface area contributed by atoms with Crippen LogP contribution >= 0.6 is 0 Å². The molecular formula is C60H98O49. The van der Waals surface area contributed by atoms with Crippen LogP contribution in [0, 0.1) is 0 Å². The van der Waals surface area contributed by atoms with Gasteiger partial charge in [0, 0.05) is 0 Å². The van der Waals surface area contributed by atoms with Crippen LogP contribution in [0.3, 0.4) is 0 Å². The molecule has 632 valence electrons. The highest BCUT2D eigenvalue weighted by Gasteiger charge is 2.57. The van der Waals surface area contributed by atoms with Crippen molar-refractivity contribution in [2.24, 2.45) is 0 Å². The second-order valence-electron chi connectivity index (χ2n) is 28.2. The Kier molecular flexibility index (Phi) is 29.6. The van der Waals surface area contributed by atoms with Crippen LogP contribution in [-0.4, -0.2) is 507 Å². The second kappa shape index (κ2) is 37.3. The lowest BCUT2D eigenvalue weighted by atomic mass is 10.0. The lowest BCUT2D eigenvalue weighted by Gasteiger charge is -2.46. The van der Waals surface area contributed by atoms with Crippen molar-refractivity contribution in [2.45, 2.75) is 295 Å². The molecule has 12 unspecified atom stereocenters. The average Bonchev–Trinajstić information content (AvgIpc) is 1.71. The van der Waals surface area contributed by atoms with Gasteiger partial charge >= 0.3 is 0 Å². The topological polar surface area (TPSA) is 738 Å². The molecule has 0 saturated carbocycles. The molecule has 0 aliphatic carbocycles. The smallest absolute Gasteiger partial charge is 0.187 e. The minimum absolute atomic E-state index is 0.407. The van der Waals surface area contributed by atoms with Crippen molar-refractivity contribution in [1.29, 1.82) is 0 Å². The first-order chi connectivity index (χ1) is 51.8. The van der Waals surface area contributed by atoms with Crippen LogP contribution in [0.5, 0.6) is 0 Å². The van der Waals surface area contributed by atoms with E-state index in [1.807, 2.05) is 0 Å². The van der Waals surface area contributed by atoms with E-state index in [1.54, 1.807) is 0 Å². The fourth-order valence-corrected chi connectivity index (χ4v) is 13.8. The predicted molar refractivity (Wildman–Crippen MR) is 323 cm³/mol. The summed E-state index contributed by atoms with van der Waals surface area (Å²) < 4.78 is 128. The van der Waals surface area contributed by atoms with Crippen molar-refractivity contribution in [1.82, 2.24) is 0 Å². The number of hydrogen-bond acceptors (Lipinski definition) is 49. The van der Waals surface area contributed by atoms with E-state index < -0.39 is 375 Å². The van der Waals surface area contributed by atoms with Gasteiger partial charge in [-0.25, -0.2) is 0 Å². The highest BCUT2D eigenvalue weighted by molar-refractivity contribution is 4.99. The van der Waals surface area contributed by atoms with Crippen LogP contribution in [0.4, 0.5) is 0 Å². The van der Waals surface area contributed by atoms with E-state index in [0.717, 1.165) is 0 Å². The van der Waals surface area contributed by atoms with Gasteiger partial charge in [-0.2, -0.15) is 0 Å². The van der Waals surface area contributed by atoms with Crippen LogP contribution < -0.4 is 0 Å². The normalized spacial score (nSPS) is 54.7. The lowest BCUT2D eigenvalue weighted by Crippen LogP contribution is -2.64. The maximum absolute atomic E-state index is 11.5. The Balaban J connectivity index is 0.541. The lowest BCUT2D eigenvalue weighted by molar-refractivity contribution is -0.374. The average molecular weight is 1600 g/mol. The van der Waals surface area contributed by atoms with E-state index in [1.165, 1.54) is 0 Å². The summed E-state index contributed by atoms with van der Waals surface area (Å²) in [6.45, 7) is -6.81. The zero-order valence-electron chi connectivity index (χ0n) is 57.2. The van der Waals surface area contributed by atoms with Crippen molar-refractivity contribution >= 4 is 0 Å². The van der Waals surface area contributed by atoms with Gasteiger partial charge in [-0.3, -0.25) is 0 Å². The Morgan fingerprint density at radius 3 is 0.642 bits per heavy atom. The third-order valence-corrected chi connectivity index (χ3v) is 20.7. The van der Waals surface area contributed by atoms with Crippen LogP contribution in [0.25, 0.3) is 0 Å². The molecule has 0 aromatic carbocycles. The van der Waals surface area contributed by atoms with E-state index in [-0.39, 0.29) is 0 Å². The molecule has 12 fully saturated rings. The van der Waals surface area contributed by atoms with Crippen LogP contribution in [0.2, 0.25) is 0 Å². The number of aliphatic hydroxyl groups excluding tert-OH is 26. The predicted octanol–water partition coefficient (Wildman–Crippen LogP) is -19.5. The van der Waals surface area contributed by atoms with Crippen molar-refractivity contribution in [2.75, 3.05) is 79.3 Å². The number of ether oxygens (including phenoxy) is 23. The molecule has 12 saturated heterocycles. The van der Waals surface area contributed by atoms with Gasteiger partial charge in [-0.05, 0) is 0 Å². The highest BCUT2D eigenvalue weighted by atomic mass is 16.8. The first-order valence-electron chi connectivity index (χ1n) is 35.1. The minimum Gasteiger partial charge on any atom is -0.394 e. The fraction of sp³-hybridized carbons (Fsp3) is 1.00. The molecular weight excluding hydrogens is 1500 g/mol. The van der Waals surface area contributed by atoms with Gasteiger partial charge in [-0.1, -0.05) is 0 Å². The summed E-state index contributed by atoms with van der Waals surface area (Å²) in [6, 6.07) is 0. The van der Waals surface area contributed by atoms with Gasteiger partial charge < -0.3 is 242 Å². The Morgan fingerprint density at radius 1 is 0.183 bits per heavy atom. The van der Waals surface area contributed by atoms with E-state index in [9.17, 15) is 133 Å². The van der Waals surface area contributed by atoms with Crippen LogP contribution in [0.1, 0.15) is 0 Å². The molecule has 0 aromatic rings. The minimum atomic E-state index is -2.00. The SMILES string of the molecule is OC[C@@H]1O[C@@H](OC2[C@H](O[C@@H]3CO[C@H](O[C@@H]4CO[C@H](O[C@@H]5CO[C@H](O[C@@H]6CO[C@H](O[C@@H]7CO[C@H](O[C@@H]8CO[C@H](O[C@@H]9CO[C@H](O[C@@H]%10CO[C@@H](O[C@@H]%11CO[C@@H](O)C(O)[C@H]%11O)C(O)[C@H]%10O)C(O)[C@H]9O)C(O)[C@H]8O)C(O)[C@H]7O)C(O)[C@H]6O)C(O)[C@H]5O)C(O)[C@H]4O)C(O)[C@H]3O)OC[C@@H](O[C@@H]3OC[C@@H](O)[C@H](O)C3O)[C@@H]2O)C(O)[C@@H]1O. The molecule has 109 heavy (non-hydrogen) atoms. The zero-order valence-corrected chi connectivity index (χ0v) is 57.2. The molecule has 12 aliphatic rings. The standard InChI is InChI=1S/C60H98O49/c61-1-14-26(64)47(85)59(98-14)109-48-36(74)24(107-50-38(76)25(63)13(62)2-88-50)12-97-60(48)108-23-11-96-58(46(84)35(23)73)106-22-10-95-57(45(83)34(22)72)105-21-9-94-56(44(82)33(21)71)104-20-8-93-55(43(81)32(20)70)103-19-7-92-54(42(80)31(19)69)102-18-6-91-53(41(79)30(18)68)101-17-5-90-52(40(78)29(17)67)100-16-4-89-51(39(77)28(16)66)99-15-3-87-49(86)37(75)27(15)65/h13-86H,1-12H2/t13-,14+,15-,16-,17-,18-,19-,20-,21-,22-,23-,24-,25+,26-,27+,28+,29+,30+,31+,32+,33+,34+,35+,36+,37?,38?,39?,40?,41?,42?,43?,44?,45?,46?,47?,48?,49-,50+,51+,52-,53-,54-,55-,56-,57-,58-,59+,60+/m1/s1. The summed E-state index contributed by atoms with van der Waals surface area (Å²) >= 11 is 0. The van der Waals surface area contributed by atoms with Gasteiger partial charge in [0.25, 0.3) is 0 Å². The number of rotatable bonds is 23. The molecule has 26 N–H and O–H groups in total. The van der Waals surface area contributed by atoms with Gasteiger partial charge in [-0.15, -0.1) is 0 Å². The van der Waals surface area contributed by atoms with E-state index in [2.05, 4.69) is 0 Å². The summed E-state index contributed by atoms with van der Waals surface area (Å²) in [7, 11) is 0. The van der Waals surface area contributed by atoms with Gasteiger partial charge in [0.05, 0.1) is 79.3 Å². The monoisotopic (exact) mass is 1600 g/mol. The second-order valence-corrected chi connectivity index (χ2v) is 28.2. The largest absolute Gasteiger partial charge is 0.394 e. The molecule has 0 amide bonds. The summed E-state index contributed by atoms with van der Waals surface area (Å²) in [5, 5.41) is 279. The van der Waals surface area contributed by atoms with Crippen molar-refractivity contribution in [3.63, 3.8) is 0 Å². The Bertz CT molecular complexity index is 2790. The molecule has 0 bridgehead atoms. The Labute approximate surface area is 614 Å². The van der Waals surface area contributed by atoms with E-state index >= 15 is 0 Å². The Hall–Kier alpha value is -1.96.